The Kier molecular flexibility index (Phi) is 6.90. The number of hydrogen-bond donors (Lipinski definition) is 2. The fourth-order valence-corrected chi connectivity index (χ4v) is 3.43. The minimum Gasteiger partial charge on any atom is -0.383 e. The number of fused-ring (bicyclic) bond motifs is 1. The van der Waals surface area contributed by atoms with Crippen molar-refractivity contribution in [2.45, 2.75) is 24.4 Å². The van der Waals surface area contributed by atoms with Gasteiger partial charge in [0.05, 0.1) is 30.1 Å². The molecule has 1 heterocycles. The molecule has 29 heavy (non-hydrogen) atoms. The maximum absolute atomic E-state index is 12.9. The fraction of sp³-hybridized carbons (Fsp3) is 0.286. The average molecular weight is 413 g/mol. The third-order valence-electron chi connectivity index (χ3n) is 4.49. The van der Waals surface area contributed by atoms with Gasteiger partial charge in [0, 0.05) is 17.7 Å². The van der Waals surface area contributed by atoms with Crippen LogP contribution in [0.4, 0.5) is 10.5 Å². The third kappa shape index (κ3) is 4.96. The lowest BCUT2D eigenvalue weighted by atomic mass is 10.2. The molecule has 1 unspecified atom stereocenters. The van der Waals surface area contributed by atoms with Crippen LogP contribution in [0.15, 0.2) is 58.2 Å². The zero-order valence-corrected chi connectivity index (χ0v) is 17.5. The van der Waals surface area contributed by atoms with E-state index in [-0.39, 0.29) is 11.6 Å². The predicted octanol–water partition coefficient (Wildman–Crippen LogP) is 3.65. The van der Waals surface area contributed by atoms with Crippen LogP contribution in [0.3, 0.4) is 0 Å². The molecule has 0 fully saturated rings. The number of rotatable bonds is 7. The molecule has 0 saturated carbocycles. The van der Waals surface area contributed by atoms with Crippen molar-refractivity contribution in [1.29, 1.82) is 0 Å². The number of carbonyl (C=O) groups excluding carboxylic acids is 1. The molecule has 2 N–H and O–H groups in total. The molecule has 2 aromatic carbocycles. The standard InChI is InChI=1S/C21H24N4O3S/c1-14(22-21(27)23-15-8-10-16(29-3)11-9-15)19-24-18-7-5-4-6-17(18)20(26)25(19)12-13-28-2/h4-11,14H,12-13H2,1-3H3,(H2,22,23,27). The van der Waals surface area contributed by atoms with E-state index in [1.165, 1.54) is 0 Å². The highest BCUT2D eigenvalue weighted by atomic mass is 32.2. The molecule has 0 aliphatic carbocycles. The van der Waals surface area contributed by atoms with Crippen molar-refractivity contribution in [2.24, 2.45) is 0 Å². The van der Waals surface area contributed by atoms with Gasteiger partial charge < -0.3 is 15.4 Å². The normalized spacial score (nSPS) is 12.0. The van der Waals surface area contributed by atoms with Crippen molar-refractivity contribution < 1.29 is 9.53 Å². The Labute approximate surface area is 173 Å². The number of amides is 2. The van der Waals surface area contributed by atoms with E-state index in [0.717, 1.165) is 4.90 Å². The number of ether oxygens (including phenoxy) is 1. The fourth-order valence-electron chi connectivity index (χ4n) is 3.02. The summed E-state index contributed by atoms with van der Waals surface area (Å²) in [6, 6.07) is 13.9. The molecule has 7 nitrogen and oxygen atoms in total. The number of urea groups is 1. The van der Waals surface area contributed by atoms with Crippen LogP contribution in [0, 0.1) is 0 Å². The first-order valence-corrected chi connectivity index (χ1v) is 10.5. The second-order valence-corrected chi connectivity index (χ2v) is 7.37. The van der Waals surface area contributed by atoms with E-state index in [1.54, 1.807) is 42.5 Å². The summed E-state index contributed by atoms with van der Waals surface area (Å²) >= 11 is 1.64. The summed E-state index contributed by atoms with van der Waals surface area (Å²) in [7, 11) is 1.58. The van der Waals surface area contributed by atoms with E-state index in [4.69, 9.17) is 4.74 Å². The quantitative estimate of drug-likeness (QED) is 0.579. The van der Waals surface area contributed by atoms with Gasteiger partial charge >= 0.3 is 6.03 Å². The number of benzene rings is 2. The summed E-state index contributed by atoms with van der Waals surface area (Å²) in [6.45, 7) is 2.52. The minimum atomic E-state index is -0.477. The van der Waals surface area contributed by atoms with Gasteiger partial charge in [-0.15, -0.1) is 11.8 Å². The molecule has 0 bridgehead atoms. The third-order valence-corrected chi connectivity index (χ3v) is 5.24. The number of aromatic nitrogens is 2. The number of methoxy groups -OCH3 is 1. The predicted molar refractivity (Wildman–Crippen MR) is 117 cm³/mol. The maximum atomic E-state index is 12.9. The topological polar surface area (TPSA) is 85.2 Å². The first-order chi connectivity index (χ1) is 14.0. The summed E-state index contributed by atoms with van der Waals surface area (Å²) in [6.07, 6.45) is 2.00. The molecule has 3 aromatic rings. The highest BCUT2D eigenvalue weighted by Gasteiger charge is 2.18. The molecular weight excluding hydrogens is 388 g/mol. The van der Waals surface area contributed by atoms with Crippen molar-refractivity contribution in [3.63, 3.8) is 0 Å². The van der Waals surface area contributed by atoms with Crippen molar-refractivity contribution >= 4 is 34.4 Å². The number of thioether (sulfide) groups is 1. The molecule has 2 amide bonds. The van der Waals surface area contributed by atoms with Gasteiger partial charge in [-0.3, -0.25) is 9.36 Å². The Bertz CT molecular complexity index is 1050. The van der Waals surface area contributed by atoms with Crippen LogP contribution in [0.1, 0.15) is 18.8 Å². The molecule has 0 spiro atoms. The van der Waals surface area contributed by atoms with Crippen LogP contribution in [-0.4, -0.2) is 35.6 Å². The summed E-state index contributed by atoms with van der Waals surface area (Å²) in [5.41, 5.74) is 1.14. The zero-order chi connectivity index (χ0) is 20.8. The lowest BCUT2D eigenvalue weighted by Gasteiger charge is -2.19. The lowest BCUT2D eigenvalue weighted by molar-refractivity contribution is 0.184. The van der Waals surface area contributed by atoms with E-state index in [0.29, 0.717) is 35.6 Å². The van der Waals surface area contributed by atoms with Gasteiger partial charge in [0.2, 0.25) is 0 Å². The molecule has 0 radical (unpaired) electrons. The van der Waals surface area contributed by atoms with Crippen LogP contribution >= 0.6 is 11.8 Å². The molecule has 0 saturated heterocycles. The molecule has 0 aliphatic rings. The Hall–Kier alpha value is -2.84. The summed E-state index contributed by atoms with van der Waals surface area (Å²) in [5.74, 6) is 0.485. The zero-order valence-electron chi connectivity index (χ0n) is 16.6. The molecule has 8 heteroatoms. The molecule has 0 aliphatic heterocycles. The van der Waals surface area contributed by atoms with Crippen LogP contribution in [0.25, 0.3) is 10.9 Å². The Balaban J connectivity index is 1.83. The minimum absolute atomic E-state index is 0.149. The smallest absolute Gasteiger partial charge is 0.319 e. The maximum Gasteiger partial charge on any atom is 0.319 e. The Morgan fingerprint density at radius 2 is 1.93 bits per heavy atom. The van der Waals surface area contributed by atoms with Crippen molar-refractivity contribution in [3.05, 3.63) is 64.7 Å². The van der Waals surface area contributed by atoms with E-state index < -0.39 is 6.04 Å². The van der Waals surface area contributed by atoms with Gasteiger partial charge in [-0.2, -0.15) is 0 Å². The van der Waals surface area contributed by atoms with Crippen LogP contribution in [0.5, 0.6) is 0 Å². The second-order valence-electron chi connectivity index (χ2n) is 6.49. The van der Waals surface area contributed by atoms with Gasteiger partial charge in [-0.05, 0) is 49.6 Å². The molecule has 152 valence electrons. The molecular formula is C21H24N4O3S. The highest BCUT2D eigenvalue weighted by Crippen LogP contribution is 2.18. The first-order valence-electron chi connectivity index (χ1n) is 9.23. The van der Waals surface area contributed by atoms with Gasteiger partial charge in [0.25, 0.3) is 5.56 Å². The SMILES string of the molecule is COCCn1c(C(C)NC(=O)Nc2ccc(SC)cc2)nc2ccccc2c1=O. The van der Waals surface area contributed by atoms with E-state index in [1.807, 2.05) is 42.7 Å². The number of anilines is 1. The largest absolute Gasteiger partial charge is 0.383 e. The van der Waals surface area contributed by atoms with Crippen molar-refractivity contribution in [3.8, 4) is 0 Å². The van der Waals surface area contributed by atoms with Crippen molar-refractivity contribution in [1.82, 2.24) is 14.9 Å². The van der Waals surface area contributed by atoms with Crippen LogP contribution in [-0.2, 0) is 11.3 Å². The summed E-state index contributed by atoms with van der Waals surface area (Å²) < 4.78 is 6.70. The first kappa shape index (κ1) is 20.9. The average Bonchev–Trinajstić information content (AvgIpc) is 2.73. The van der Waals surface area contributed by atoms with E-state index in [9.17, 15) is 9.59 Å². The Morgan fingerprint density at radius 1 is 1.21 bits per heavy atom. The Morgan fingerprint density at radius 3 is 2.62 bits per heavy atom. The van der Waals surface area contributed by atoms with Crippen LogP contribution < -0.4 is 16.2 Å². The second kappa shape index (κ2) is 9.58. The number of hydrogen-bond acceptors (Lipinski definition) is 5. The van der Waals surface area contributed by atoms with Gasteiger partial charge in [0.15, 0.2) is 0 Å². The number of nitrogens with one attached hydrogen (secondary N) is 2. The van der Waals surface area contributed by atoms with Gasteiger partial charge in [-0.25, -0.2) is 9.78 Å². The number of para-hydroxylation sites is 1. The van der Waals surface area contributed by atoms with E-state index >= 15 is 0 Å². The van der Waals surface area contributed by atoms with Crippen LogP contribution in [0.2, 0.25) is 0 Å². The monoisotopic (exact) mass is 412 g/mol. The lowest BCUT2D eigenvalue weighted by Crippen LogP contribution is -2.36. The summed E-state index contributed by atoms with van der Waals surface area (Å²) in [4.78, 5) is 31.1. The van der Waals surface area contributed by atoms with Gasteiger partial charge in [-0.1, -0.05) is 12.1 Å². The van der Waals surface area contributed by atoms with Crippen molar-refractivity contribution in [2.75, 3.05) is 25.3 Å². The molecule has 1 atom stereocenters. The van der Waals surface area contributed by atoms with Gasteiger partial charge in [0.1, 0.15) is 5.82 Å². The number of nitrogens with zero attached hydrogens (tertiary/aromatic N) is 2. The molecule has 1 aromatic heterocycles. The molecule has 3 rings (SSSR count). The highest BCUT2D eigenvalue weighted by molar-refractivity contribution is 7.98. The summed E-state index contributed by atoms with van der Waals surface area (Å²) in [5, 5.41) is 6.21. The van der Waals surface area contributed by atoms with E-state index in [2.05, 4.69) is 15.6 Å². The number of carbonyl (C=O) groups is 1.